The molecule has 1 aromatic heterocycles. The normalized spacial score (nSPS) is 15.9. The largest absolute Gasteiger partial charge is 0.496 e. The van der Waals surface area contributed by atoms with Crippen LogP contribution in [-0.4, -0.2) is 24.3 Å². The summed E-state index contributed by atoms with van der Waals surface area (Å²) in [5, 5.41) is 10.4. The minimum Gasteiger partial charge on any atom is -0.496 e. The summed E-state index contributed by atoms with van der Waals surface area (Å²) in [6.07, 6.45) is 5.69. The standard InChI is InChI=1S/C17H20O4S/c1-10-8-12-14(9-13(10)20-2)22-16(17(18)19)15(12)21-11-6-4-3-5-7-11/h8-9,11H,3-7H2,1-2H3,(H,18,19). The Morgan fingerprint density at radius 1 is 1.27 bits per heavy atom. The number of methoxy groups -OCH3 is 1. The minimum atomic E-state index is -0.927. The first kappa shape index (κ1) is 15.2. The average molecular weight is 320 g/mol. The van der Waals surface area contributed by atoms with Crippen molar-refractivity contribution in [1.29, 1.82) is 0 Å². The van der Waals surface area contributed by atoms with Gasteiger partial charge in [-0.1, -0.05) is 6.42 Å². The van der Waals surface area contributed by atoms with Crippen molar-refractivity contribution >= 4 is 27.4 Å². The number of fused-ring (bicyclic) bond motifs is 1. The maximum atomic E-state index is 11.6. The van der Waals surface area contributed by atoms with Gasteiger partial charge in [-0.05, 0) is 50.3 Å². The number of benzene rings is 1. The molecular formula is C17H20O4S. The maximum absolute atomic E-state index is 11.6. The fourth-order valence-corrected chi connectivity index (χ4v) is 4.02. The molecule has 1 fully saturated rings. The third kappa shape index (κ3) is 2.77. The number of carboxylic acid groups (broad SMARTS) is 1. The molecule has 0 spiro atoms. The van der Waals surface area contributed by atoms with Gasteiger partial charge in [0.05, 0.1) is 13.2 Å². The van der Waals surface area contributed by atoms with Crippen LogP contribution in [0.25, 0.3) is 10.1 Å². The van der Waals surface area contributed by atoms with Gasteiger partial charge in [-0.25, -0.2) is 4.79 Å². The van der Waals surface area contributed by atoms with Gasteiger partial charge in [0, 0.05) is 10.1 Å². The number of aromatic carboxylic acids is 1. The highest BCUT2D eigenvalue weighted by Crippen LogP contribution is 2.42. The van der Waals surface area contributed by atoms with Gasteiger partial charge in [0.15, 0.2) is 10.6 Å². The van der Waals surface area contributed by atoms with E-state index < -0.39 is 5.97 Å². The van der Waals surface area contributed by atoms with Crippen molar-refractivity contribution in [1.82, 2.24) is 0 Å². The lowest BCUT2D eigenvalue weighted by Crippen LogP contribution is -2.20. The van der Waals surface area contributed by atoms with Gasteiger partial charge in [0.25, 0.3) is 0 Å². The molecule has 1 N–H and O–H groups in total. The van der Waals surface area contributed by atoms with E-state index in [0.29, 0.717) is 5.75 Å². The van der Waals surface area contributed by atoms with E-state index in [1.807, 2.05) is 19.1 Å². The first-order valence-electron chi connectivity index (χ1n) is 7.61. The molecule has 0 atom stereocenters. The first-order valence-corrected chi connectivity index (χ1v) is 8.43. The van der Waals surface area contributed by atoms with Crippen molar-refractivity contribution in [3.05, 3.63) is 22.6 Å². The fourth-order valence-electron chi connectivity index (χ4n) is 3.04. The number of hydrogen-bond acceptors (Lipinski definition) is 4. The molecule has 1 heterocycles. The van der Waals surface area contributed by atoms with Crippen molar-refractivity contribution in [2.45, 2.75) is 45.1 Å². The van der Waals surface area contributed by atoms with Crippen molar-refractivity contribution in [3.8, 4) is 11.5 Å². The minimum absolute atomic E-state index is 0.132. The van der Waals surface area contributed by atoms with Crippen LogP contribution in [0.5, 0.6) is 11.5 Å². The van der Waals surface area contributed by atoms with Crippen LogP contribution in [0.4, 0.5) is 0 Å². The second kappa shape index (κ2) is 6.16. The number of hydrogen-bond donors (Lipinski definition) is 1. The van der Waals surface area contributed by atoms with Gasteiger partial charge in [-0.3, -0.25) is 0 Å². The Bertz CT molecular complexity index is 698. The predicted octanol–water partition coefficient (Wildman–Crippen LogP) is 4.63. The molecule has 1 aromatic carbocycles. The summed E-state index contributed by atoms with van der Waals surface area (Å²) >= 11 is 1.25. The summed E-state index contributed by atoms with van der Waals surface area (Å²) in [6.45, 7) is 1.96. The molecule has 0 radical (unpaired) electrons. The van der Waals surface area contributed by atoms with Gasteiger partial charge >= 0.3 is 5.97 Å². The quantitative estimate of drug-likeness (QED) is 0.892. The Morgan fingerprint density at radius 2 is 2.00 bits per heavy atom. The van der Waals surface area contributed by atoms with Crippen LogP contribution in [0.1, 0.15) is 47.3 Å². The number of carboxylic acids is 1. The molecule has 3 rings (SSSR count). The smallest absolute Gasteiger partial charge is 0.349 e. The number of ether oxygens (including phenoxy) is 2. The first-order chi connectivity index (χ1) is 10.6. The van der Waals surface area contributed by atoms with Gasteiger partial charge in [0.2, 0.25) is 0 Å². The van der Waals surface area contributed by atoms with E-state index in [1.165, 1.54) is 17.8 Å². The maximum Gasteiger partial charge on any atom is 0.349 e. The second-order valence-corrected chi connectivity index (χ2v) is 6.81. The highest BCUT2D eigenvalue weighted by Gasteiger charge is 2.24. The molecule has 0 aliphatic heterocycles. The summed E-state index contributed by atoms with van der Waals surface area (Å²) < 4.78 is 12.3. The van der Waals surface area contributed by atoms with E-state index in [4.69, 9.17) is 9.47 Å². The molecule has 1 aliphatic rings. The van der Waals surface area contributed by atoms with Gasteiger partial charge in [-0.2, -0.15) is 0 Å². The van der Waals surface area contributed by atoms with E-state index in [2.05, 4.69) is 0 Å². The van der Waals surface area contributed by atoms with Crippen molar-refractivity contribution in [2.75, 3.05) is 7.11 Å². The molecule has 0 unspecified atom stereocenters. The molecular weight excluding hydrogens is 300 g/mol. The Kier molecular flexibility index (Phi) is 4.25. The summed E-state index contributed by atoms with van der Waals surface area (Å²) in [7, 11) is 1.62. The van der Waals surface area contributed by atoms with Gasteiger partial charge < -0.3 is 14.6 Å². The van der Waals surface area contributed by atoms with Crippen LogP contribution in [0.3, 0.4) is 0 Å². The summed E-state index contributed by atoms with van der Waals surface area (Å²) in [6, 6.07) is 3.87. The zero-order valence-corrected chi connectivity index (χ0v) is 13.7. The van der Waals surface area contributed by atoms with Crippen molar-refractivity contribution < 1.29 is 19.4 Å². The number of aryl methyl sites for hydroxylation is 1. The molecule has 22 heavy (non-hydrogen) atoms. The molecule has 0 saturated heterocycles. The molecule has 2 aromatic rings. The zero-order valence-electron chi connectivity index (χ0n) is 12.8. The van der Waals surface area contributed by atoms with E-state index >= 15 is 0 Å². The lowest BCUT2D eigenvalue weighted by atomic mass is 9.98. The summed E-state index contributed by atoms with van der Waals surface area (Å²) in [4.78, 5) is 11.9. The van der Waals surface area contributed by atoms with Crippen LogP contribution in [-0.2, 0) is 0 Å². The third-order valence-corrected chi connectivity index (χ3v) is 5.31. The van der Waals surface area contributed by atoms with Crippen LogP contribution in [0.2, 0.25) is 0 Å². The Hall–Kier alpha value is -1.75. The van der Waals surface area contributed by atoms with E-state index in [1.54, 1.807) is 7.11 Å². The van der Waals surface area contributed by atoms with Gasteiger partial charge in [0.1, 0.15) is 5.75 Å². The highest BCUT2D eigenvalue weighted by atomic mass is 32.1. The topological polar surface area (TPSA) is 55.8 Å². The zero-order chi connectivity index (χ0) is 15.7. The molecule has 4 nitrogen and oxygen atoms in total. The van der Waals surface area contributed by atoms with E-state index in [0.717, 1.165) is 47.1 Å². The molecule has 0 bridgehead atoms. The Balaban J connectivity index is 2.06. The van der Waals surface area contributed by atoms with Crippen molar-refractivity contribution in [3.63, 3.8) is 0 Å². The summed E-state index contributed by atoms with van der Waals surface area (Å²) in [5.41, 5.74) is 0.984. The molecule has 5 heteroatoms. The van der Waals surface area contributed by atoms with Gasteiger partial charge in [-0.15, -0.1) is 11.3 Å². The SMILES string of the molecule is COc1cc2sc(C(=O)O)c(OC3CCCCC3)c2cc1C. The predicted molar refractivity (Wildman–Crippen MR) is 87.6 cm³/mol. The lowest BCUT2D eigenvalue weighted by molar-refractivity contribution is 0.0693. The average Bonchev–Trinajstić information content (AvgIpc) is 2.85. The fraction of sp³-hybridized carbons (Fsp3) is 0.471. The molecule has 1 aliphatic carbocycles. The van der Waals surface area contributed by atoms with Crippen LogP contribution in [0, 0.1) is 6.92 Å². The van der Waals surface area contributed by atoms with Crippen LogP contribution in [0.15, 0.2) is 12.1 Å². The Labute approximate surface area is 133 Å². The van der Waals surface area contributed by atoms with Crippen molar-refractivity contribution in [2.24, 2.45) is 0 Å². The monoisotopic (exact) mass is 320 g/mol. The Morgan fingerprint density at radius 3 is 2.64 bits per heavy atom. The molecule has 1 saturated carbocycles. The highest BCUT2D eigenvalue weighted by molar-refractivity contribution is 7.21. The van der Waals surface area contributed by atoms with E-state index in [-0.39, 0.29) is 11.0 Å². The number of carbonyl (C=O) groups is 1. The number of thiophene rings is 1. The molecule has 118 valence electrons. The number of rotatable bonds is 4. The summed E-state index contributed by atoms with van der Waals surface area (Å²) in [5.74, 6) is 0.378. The van der Waals surface area contributed by atoms with E-state index in [9.17, 15) is 9.90 Å². The second-order valence-electron chi connectivity index (χ2n) is 5.76. The van der Waals surface area contributed by atoms with Crippen LogP contribution < -0.4 is 9.47 Å². The molecule has 0 amide bonds. The third-order valence-electron chi connectivity index (χ3n) is 4.19. The van der Waals surface area contributed by atoms with Crippen LogP contribution >= 0.6 is 11.3 Å². The lowest BCUT2D eigenvalue weighted by Gasteiger charge is -2.23.